The van der Waals surface area contributed by atoms with Crippen molar-refractivity contribution in [3.8, 4) is 5.75 Å². The van der Waals surface area contributed by atoms with Gasteiger partial charge in [-0.3, -0.25) is 0 Å². The molecule has 0 unspecified atom stereocenters. The van der Waals surface area contributed by atoms with Gasteiger partial charge in [0.15, 0.2) is 6.29 Å². The molecule has 1 N–H and O–H groups in total. The van der Waals surface area contributed by atoms with Crippen molar-refractivity contribution in [2.45, 2.75) is 12.9 Å². The minimum absolute atomic E-state index is 0.0280. The summed E-state index contributed by atoms with van der Waals surface area (Å²) in [6.45, 7) is 1.08. The molecule has 2 aromatic rings. The van der Waals surface area contributed by atoms with Crippen molar-refractivity contribution < 1.29 is 24.1 Å². The van der Waals surface area contributed by atoms with Crippen molar-refractivity contribution in [1.29, 1.82) is 0 Å². The summed E-state index contributed by atoms with van der Waals surface area (Å²) in [5.74, 6) is -0.862. The van der Waals surface area contributed by atoms with E-state index < -0.39 is 12.3 Å². The minimum atomic E-state index is -1.21. The van der Waals surface area contributed by atoms with Gasteiger partial charge in [0, 0.05) is 4.91 Å². The number of rotatable bonds is 6. The molecule has 8 heteroatoms. The Kier molecular flexibility index (Phi) is 5.15. The first kappa shape index (κ1) is 16.8. The number of carboxylic acid groups (broad SMARTS) is 1. The van der Waals surface area contributed by atoms with Gasteiger partial charge in [-0.05, 0) is 23.2 Å². The van der Waals surface area contributed by atoms with E-state index in [-0.39, 0.29) is 17.9 Å². The number of hydrogen-bond donors (Lipinski definition) is 1. The van der Waals surface area contributed by atoms with Gasteiger partial charge >= 0.3 is 5.97 Å². The summed E-state index contributed by atoms with van der Waals surface area (Å²) in [5.41, 5.74) is 9.90. The summed E-state index contributed by atoms with van der Waals surface area (Å²) in [6.07, 6.45) is -0.719. The van der Waals surface area contributed by atoms with Gasteiger partial charge in [0.25, 0.3) is 0 Å². The standard InChI is InChI=1S/C17H15N3O5/c18-20-19-14-9-15(25-10-11-4-2-1-3-5-11)13(8-12(14)16(21)22)17-23-6-7-24-17/h1-5,8-9,17H,6-7,10H2,(H,21,22). The van der Waals surface area contributed by atoms with Gasteiger partial charge in [-0.1, -0.05) is 35.4 Å². The van der Waals surface area contributed by atoms with E-state index in [1.54, 1.807) is 0 Å². The van der Waals surface area contributed by atoms with Crippen LogP contribution >= 0.6 is 0 Å². The predicted molar refractivity (Wildman–Crippen MR) is 87.6 cm³/mol. The lowest BCUT2D eigenvalue weighted by Crippen LogP contribution is -2.07. The van der Waals surface area contributed by atoms with E-state index in [4.69, 9.17) is 19.7 Å². The Morgan fingerprint density at radius 3 is 2.64 bits per heavy atom. The summed E-state index contributed by atoms with van der Waals surface area (Å²) in [6, 6.07) is 12.2. The summed E-state index contributed by atoms with van der Waals surface area (Å²) in [4.78, 5) is 14.1. The molecular formula is C17H15N3O5. The van der Waals surface area contributed by atoms with Crippen LogP contribution in [-0.2, 0) is 16.1 Å². The van der Waals surface area contributed by atoms with Gasteiger partial charge in [-0.25, -0.2) is 4.79 Å². The van der Waals surface area contributed by atoms with Crippen LogP contribution in [0.25, 0.3) is 10.4 Å². The number of azide groups is 1. The normalized spacial score (nSPS) is 14.1. The van der Waals surface area contributed by atoms with Crippen LogP contribution in [0.2, 0.25) is 0 Å². The number of ether oxygens (including phenoxy) is 3. The highest BCUT2D eigenvalue weighted by molar-refractivity contribution is 5.94. The van der Waals surface area contributed by atoms with Crippen LogP contribution in [0, 0.1) is 0 Å². The summed E-state index contributed by atoms with van der Waals surface area (Å²) >= 11 is 0. The third-order valence-corrected chi connectivity index (χ3v) is 3.62. The van der Waals surface area contributed by atoms with E-state index in [9.17, 15) is 9.90 Å². The van der Waals surface area contributed by atoms with E-state index in [1.807, 2.05) is 30.3 Å². The highest BCUT2D eigenvalue weighted by Crippen LogP contribution is 2.37. The SMILES string of the molecule is [N-]=[N+]=Nc1cc(OCc2ccccc2)c(C2OCCO2)cc1C(=O)O. The number of carboxylic acids is 1. The monoisotopic (exact) mass is 341 g/mol. The van der Waals surface area contributed by atoms with Gasteiger partial charge in [-0.2, -0.15) is 0 Å². The Hall–Kier alpha value is -3.06. The average molecular weight is 341 g/mol. The molecule has 0 saturated carbocycles. The number of benzene rings is 2. The van der Waals surface area contributed by atoms with Crippen molar-refractivity contribution in [1.82, 2.24) is 0 Å². The smallest absolute Gasteiger partial charge is 0.336 e. The molecule has 0 radical (unpaired) electrons. The van der Waals surface area contributed by atoms with Crippen molar-refractivity contribution in [3.05, 3.63) is 69.6 Å². The van der Waals surface area contributed by atoms with Gasteiger partial charge in [-0.15, -0.1) is 0 Å². The topological polar surface area (TPSA) is 114 Å². The Labute approximate surface area is 143 Å². The molecule has 1 aliphatic rings. The fourth-order valence-corrected chi connectivity index (χ4v) is 2.47. The Bertz CT molecular complexity index is 813. The van der Waals surface area contributed by atoms with Crippen LogP contribution in [0.1, 0.15) is 27.8 Å². The summed E-state index contributed by atoms with van der Waals surface area (Å²) in [5, 5.41) is 12.8. The molecule has 1 heterocycles. The molecule has 0 spiro atoms. The molecular weight excluding hydrogens is 326 g/mol. The minimum Gasteiger partial charge on any atom is -0.488 e. The maximum Gasteiger partial charge on any atom is 0.336 e. The number of hydrogen-bond acceptors (Lipinski definition) is 5. The lowest BCUT2D eigenvalue weighted by molar-refractivity contribution is -0.0458. The highest BCUT2D eigenvalue weighted by atomic mass is 16.7. The molecule has 0 aliphatic carbocycles. The van der Waals surface area contributed by atoms with Crippen molar-refractivity contribution in [2.75, 3.05) is 13.2 Å². The molecule has 0 bridgehead atoms. The summed E-state index contributed by atoms with van der Waals surface area (Å²) in [7, 11) is 0. The second-order valence-corrected chi connectivity index (χ2v) is 5.25. The molecule has 8 nitrogen and oxygen atoms in total. The van der Waals surface area contributed by atoms with Crippen molar-refractivity contribution in [3.63, 3.8) is 0 Å². The van der Waals surface area contributed by atoms with Crippen molar-refractivity contribution >= 4 is 11.7 Å². The molecule has 128 valence electrons. The van der Waals surface area contributed by atoms with Crippen LogP contribution in [-0.4, -0.2) is 24.3 Å². The zero-order valence-electron chi connectivity index (χ0n) is 13.2. The fraction of sp³-hybridized carbons (Fsp3) is 0.235. The van der Waals surface area contributed by atoms with Crippen molar-refractivity contribution in [2.24, 2.45) is 5.11 Å². The Morgan fingerprint density at radius 2 is 2.00 bits per heavy atom. The quantitative estimate of drug-likeness (QED) is 0.485. The second-order valence-electron chi connectivity index (χ2n) is 5.25. The predicted octanol–water partition coefficient (Wildman–Crippen LogP) is 3.95. The highest BCUT2D eigenvalue weighted by Gasteiger charge is 2.25. The Morgan fingerprint density at radius 1 is 1.28 bits per heavy atom. The molecule has 1 aliphatic heterocycles. The first-order valence-electron chi connectivity index (χ1n) is 7.55. The molecule has 0 atom stereocenters. The lowest BCUT2D eigenvalue weighted by Gasteiger charge is -2.17. The van der Waals surface area contributed by atoms with E-state index in [0.717, 1.165) is 5.56 Å². The fourth-order valence-electron chi connectivity index (χ4n) is 2.47. The molecule has 3 rings (SSSR count). The molecule has 0 aromatic heterocycles. The van der Waals surface area contributed by atoms with Crippen LogP contribution in [0.4, 0.5) is 5.69 Å². The summed E-state index contributed by atoms with van der Waals surface area (Å²) < 4.78 is 16.8. The van der Waals surface area contributed by atoms with Gasteiger partial charge in [0.1, 0.15) is 12.4 Å². The van der Waals surface area contributed by atoms with E-state index in [2.05, 4.69) is 10.0 Å². The number of nitrogens with zero attached hydrogens (tertiary/aromatic N) is 3. The van der Waals surface area contributed by atoms with Gasteiger partial charge in [0.2, 0.25) is 0 Å². The average Bonchev–Trinajstić information content (AvgIpc) is 3.15. The maximum absolute atomic E-state index is 11.4. The first-order chi connectivity index (χ1) is 12.2. The van der Waals surface area contributed by atoms with Crippen LogP contribution in [0.3, 0.4) is 0 Å². The molecule has 0 amide bonds. The molecule has 25 heavy (non-hydrogen) atoms. The van der Waals surface area contributed by atoms with Crippen LogP contribution < -0.4 is 4.74 Å². The largest absolute Gasteiger partial charge is 0.488 e. The third kappa shape index (κ3) is 3.89. The third-order valence-electron chi connectivity index (χ3n) is 3.62. The van der Waals surface area contributed by atoms with Gasteiger partial charge < -0.3 is 19.3 Å². The molecule has 2 aromatic carbocycles. The number of carbonyl (C=O) groups is 1. The second kappa shape index (κ2) is 7.67. The lowest BCUT2D eigenvalue weighted by atomic mass is 10.1. The van der Waals surface area contributed by atoms with E-state index in [0.29, 0.717) is 24.5 Å². The maximum atomic E-state index is 11.4. The van der Waals surface area contributed by atoms with Crippen LogP contribution in [0.15, 0.2) is 47.6 Å². The van der Waals surface area contributed by atoms with E-state index >= 15 is 0 Å². The zero-order valence-corrected chi connectivity index (χ0v) is 13.2. The molecule has 1 fully saturated rings. The molecule has 1 saturated heterocycles. The van der Waals surface area contributed by atoms with Gasteiger partial charge in [0.05, 0.1) is 30.0 Å². The van der Waals surface area contributed by atoms with E-state index in [1.165, 1.54) is 12.1 Å². The number of aromatic carboxylic acids is 1. The zero-order chi connectivity index (χ0) is 17.6. The van der Waals surface area contributed by atoms with Crippen LogP contribution in [0.5, 0.6) is 5.75 Å². The first-order valence-corrected chi connectivity index (χ1v) is 7.55. The Balaban J connectivity index is 1.99.